The molecular weight excluding hydrogens is 270 g/mol. The van der Waals surface area contributed by atoms with Gasteiger partial charge in [0, 0.05) is 5.56 Å². The lowest BCUT2D eigenvalue weighted by Crippen LogP contribution is -2.25. The maximum atomic E-state index is 6.14. The molecule has 1 aromatic carbocycles. The quantitative estimate of drug-likeness (QED) is 0.841. The van der Waals surface area contributed by atoms with E-state index in [-0.39, 0.29) is 0 Å². The SMILES string of the molecule is CCC1CCCC(Oc2ccc(C(N)=S)cc2OC)C1. The van der Waals surface area contributed by atoms with Crippen molar-refractivity contribution in [1.82, 2.24) is 0 Å². The summed E-state index contributed by atoms with van der Waals surface area (Å²) >= 11 is 4.99. The van der Waals surface area contributed by atoms with Crippen molar-refractivity contribution in [2.45, 2.75) is 45.1 Å². The molecule has 0 spiro atoms. The summed E-state index contributed by atoms with van der Waals surface area (Å²) in [5, 5.41) is 0. The molecule has 1 saturated carbocycles. The first-order valence-corrected chi connectivity index (χ1v) is 7.69. The van der Waals surface area contributed by atoms with Crippen molar-refractivity contribution in [2.75, 3.05) is 7.11 Å². The number of thiocarbonyl (C=S) groups is 1. The van der Waals surface area contributed by atoms with Crippen LogP contribution in [0.2, 0.25) is 0 Å². The summed E-state index contributed by atoms with van der Waals surface area (Å²) in [5.41, 5.74) is 6.45. The minimum Gasteiger partial charge on any atom is -0.493 e. The van der Waals surface area contributed by atoms with Crippen molar-refractivity contribution in [2.24, 2.45) is 11.7 Å². The van der Waals surface area contributed by atoms with E-state index in [2.05, 4.69) is 6.92 Å². The number of rotatable bonds is 5. The van der Waals surface area contributed by atoms with E-state index in [9.17, 15) is 0 Å². The zero-order valence-electron chi connectivity index (χ0n) is 12.2. The van der Waals surface area contributed by atoms with E-state index in [1.807, 2.05) is 18.2 Å². The maximum Gasteiger partial charge on any atom is 0.161 e. The van der Waals surface area contributed by atoms with Crippen LogP contribution in [0.1, 0.15) is 44.6 Å². The standard InChI is InChI=1S/C16H23NO2S/c1-3-11-5-4-6-13(9-11)19-14-8-7-12(16(17)20)10-15(14)18-2/h7-8,10-11,13H,3-6,9H2,1-2H3,(H2,17,20). The Bertz CT molecular complexity index is 476. The van der Waals surface area contributed by atoms with E-state index < -0.39 is 0 Å². The first-order chi connectivity index (χ1) is 9.63. The molecule has 0 aromatic heterocycles. The molecule has 4 heteroatoms. The van der Waals surface area contributed by atoms with Crippen molar-refractivity contribution in [3.63, 3.8) is 0 Å². The lowest BCUT2D eigenvalue weighted by molar-refractivity contribution is 0.118. The van der Waals surface area contributed by atoms with Crippen LogP contribution in [0.3, 0.4) is 0 Å². The van der Waals surface area contributed by atoms with Crippen LogP contribution in [0.25, 0.3) is 0 Å². The molecule has 0 bridgehead atoms. The van der Waals surface area contributed by atoms with Gasteiger partial charge in [-0.2, -0.15) is 0 Å². The van der Waals surface area contributed by atoms with E-state index in [1.54, 1.807) is 7.11 Å². The smallest absolute Gasteiger partial charge is 0.161 e. The fraction of sp³-hybridized carbons (Fsp3) is 0.562. The second-order valence-electron chi connectivity index (χ2n) is 5.41. The summed E-state index contributed by atoms with van der Waals surface area (Å²) in [5.74, 6) is 2.28. The van der Waals surface area contributed by atoms with E-state index in [1.165, 1.54) is 19.3 Å². The van der Waals surface area contributed by atoms with Gasteiger partial charge in [-0.05, 0) is 43.4 Å². The largest absolute Gasteiger partial charge is 0.493 e. The maximum absolute atomic E-state index is 6.14. The summed E-state index contributed by atoms with van der Waals surface area (Å²) in [6.45, 7) is 2.25. The number of hydrogen-bond acceptors (Lipinski definition) is 3. The molecule has 0 saturated heterocycles. The van der Waals surface area contributed by atoms with Crippen LogP contribution in [-0.2, 0) is 0 Å². The van der Waals surface area contributed by atoms with E-state index >= 15 is 0 Å². The van der Waals surface area contributed by atoms with Gasteiger partial charge in [0.05, 0.1) is 13.2 Å². The van der Waals surface area contributed by atoms with Gasteiger partial charge in [0.1, 0.15) is 4.99 Å². The Balaban J connectivity index is 2.10. The van der Waals surface area contributed by atoms with Crippen LogP contribution in [-0.4, -0.2) is 18.2 Å². The van der Waals surface area contributed by atoms with E-state index in [0.717, 1.165) is 30.1 Å². The highest BCUT2D eigenvalue weighted by molar-refractivity contribution is 7.80. The summed E-state index contributed by atoms with van der Waals surface area (Å²) < 4.78 is 11.5. The molecule has 2 unspecified atom stereocenters. The minimum atomic E-state index is 0.290. The number of benzene rings is 1. The van der Waals surface area contributed by atoms with Crippen LogP contribution in [0.15, 0.2) is 18.2 Å². The third-order valence-electron chi connectivity index (χ3n) is 4.05. The summed E-state index contributed by atoms with van der Waals surface area (Å²) in [7, 11) is 1.64. The van der Waals surface area contributed by atoms with Crippen molar-refractivity contribution in [1.29, 1.82) is 0 Å². The number of ether oxygens (including phenoxy) is 2. The molecule has 3 nitrogen and oxygen atoms in total. The van der Waals surface area contributed by atoms with Crippen molar-refractivity contribution in [3.8, 4) is 11.5 Å². The highest BCUT2D eigenvalue weighted by atomic mass is 32.1. The number of methoxy groups -OCH3 is 1. The molecule has 2 atom stereocenters. The van der Waals surface area contributed by atoms with E-state index in [4.69, 9.17) is 27.4 Å². The summed E-state index contributed by atoms with van der Waals surface area (Å²) in [6, 6.07) is 5.64. The molecule has 2 N–H and O–H groups in total. The Kier molecular flexibility index (Phi) is 5.24. The molecule has 1 fully saturated rings. The summed E-state index contributed by atoms with van der Waals surface area (Å²) in [4.78, 5) is 0.374. The molecule has 0 heterocycles. The number of hydrogen-bond donors (Lipinski definition) is 1. The molecule has 0 radical (unpaired) electrons. The van der Waals surface area contributed by atoms with Gasteiger partial charge in [-0.25, -0.2) is 0 Å². The molecule has 1 aliphatic carbocycles. The fourth-order valence-corrected chi connectivity index (χ4v) is 2.94. The van der Waals surface area contributed by atoms with Crippen LogP contribution < -0.4 is 15.2 Å². The third kappa shape index (κ3) is 3.63. The first kappa shape index (κ1) is 15.1. The van der Waals surface area contributed by atoms with Crippen LogP contribution >= 0.6 is 12.2 Å². The Morgan fingerprint density at radius 1 is 1.35 bits per heavy atom. The van der Waals surface area contributed by atoms with Crippen molar-refractivity contribution in [3.05, 3.63) is 23.8 Å². The highest BCUT2D eigenvalue weighted by Gasteiger charge is 2.23. The van der Waals surface area contributed by atoms with Gasteiger partial charge in [0.15, 0.2) is 11.5 Å². The second-order valence-corrected chi connectivity index (χ2v) is 5.85. The minimum absolute atomic E-state index is 0.290. The molecule has 0 amide bonds. The topological polar surface area (TPSA) is 44.5 Å². The lowest BCUT2D eigenvalue weighted by atomic mass is 9.85. The summed E-state index contributed by atoms with van der Waals surface area (Å²) in [6.07, 6.45) is 6.35. The van der Waals surface area contributed by atoms with Crippen molar-refractivity contribution >= 4 is 17.2 Å². The Morgan fingerprint density at radius 2 is 2.15 bits per heavy atom. The zero-order valence-corrected chi connectivity index (χ0v) is 13.0. The average molecular weight is 293 g/mol. The van der Waals surface area contributed by atoms with Gasteiger partial charge in [0.2, 0.25) is 0 Å². The Hall–Kier alpha value is -1.29. The predicted molar refractivity (Wildman–Crippen MR) is 85.5 cm³/mol. The molecule has 0 aliphatic heterocycles. The van der Waals surface area contributed by atoms with Crippen LogP contribution in [0.4, 0.5) is 0 Å². The van der Waals surface area contributed by atoms with Crippen molar-refractivity contribution < 1.29 is 9.47 Å². The highest BCUT2D eigenvalue weighted by Crippen LogP contribution is 2.34. The van der Waals surface area contributed by atoms with Gasteiger partial charge < -0.3 is 15.2 Å². The second kappa shape index (κ2) is 6.93. The number of nitrogens with two attached hydrogens (primary N) is 1. The normalized spacial score (nSPS) is 22.3. The average Bonchev–Trinajstić information content (AvgIpc) is 2.47. The first-order valence-electron chi connectivity index (χ1n) is 7.28. The zero-order chi connectivity index (χ0) is 14.5. The molecule has 1 aliphatic rings. The molecule has 1 aromatic rings. The third-order valence-corrected chi connectivity index (χ3v) is 4.29. The predicted octanol–water partition coefficient (Wildman–Crippen LogP) is 3.68. The molecule has 2 rings (SSSR count). The molecule has 20 heavy (non-hydrogen) atoms. The molecule has 110 valence electrons. The Labute approximate surface area is 126 Å². The van der Waals surface area contributed by atoms with Crippen LogP contribution in [0.5, 0.6) is 11.5 Å². The Morgan fingerprint density at radius 3 is 2.80 bits per heavy atom. The fourth-order valence-electron chi connectivity index (χ4n) is 2.82. The van der Waals surface area contributed by atoms with Gasteiger partial charge in [-0.15, -0.1) is 0 Å². The van der Waals surface area contributed by atoms with Crippen LogP contribution in [0, 0.1) is 5.92 Å². The lowest BCUT2D eigenvalue weighted by Gasteiger charge is -2.29. The van der Waals surface area contributed by atoms with Gasteiger partial charge in [-0.1, -0.05) is 32.0 Å². The van der Waals surface area contributed by atoms with Gasteiger partial charge in [0.25, 0.3) is 0 Å². The molecular formula is C16H23NO2S. The van der Waals surface area contributed by atoms with Gasteiger partial charge >= 0.3 is 0 Å². The monoisotopic (exact) mass is 293 g/mol. The van der Waals surface area contributed by atoms with Gasteiger partial charge in [-0.3, -0.25) is 0 Å². The van der Waals surface area contributed by atoms with E-state index in [0.29, 0.717) is 16.8 Å².